The standard InChI is InChI=1S/C15H18N2O4S/c1-10-14(22-9-17-10)12-4-2-11(3-5-12)13(21-15(16)19)8-20-7-6-18/h2-5,9,13,18H,6-8H2,1H3,(H2,16,19)/t13-/m0/s1. The van der Waals surface area contributed by atoms with Crippen molar-refractivity contribution < 1.29 is 19.4 Å². The molecule has 1 heterocycles. The van der Waals surface area contributed by atoms with Crippen molar-refractivity contribution in [3.05, 3.63) is 41.0 Å². The van der Waals surface area contributed by atoms with E-state index in [2.05, 4.69) is 4.98 Å². The van der Waals surface area contributed by atoms with Crippen LogP contribution < -0.4 is 5.73 Å². The number of aromatic nitrogens is 1. The Morgan fingerprint density at radius 3 is 2.68 bits per heavy atom. The zero-order valence-corrected chi connectivity index (χ0v) is 13.0. The van der Waals surface area contributed by atoms with Gasteiger partial charge in [-0.05, 0) is 18.1 Å². The van der Waals surface area contributed by atoms with Crippen LogP contribution in [0.3, 0.4) is 0 Å². The van der Waals surface area contributed by atoms with Crippen LogP contribution in [0.25, 0.3) is 10.4 Å². The van der Waals surface area contributed by atoms with Crippen LogP contribution in [0.1, 0.15) is 17.4 Å². The Labute approximate surface area is 132 Å². The lowest BCUT2D eigenvalue weighted by Gasteiger charge is -2.17. The van der Waals surface area contributed by atoms with Gasteiger partial charge in [0.05, 0.1) is 35.9 Å². The fourth-order valence-corrected chi connectivity index (χ4v) is 2.83. The summed E-state index contributed by atoms with van der Waals surface area (Å²) in [5.41, 5.74) is 9.71. The van der Waals surface area contributed by atoms with Gasteiger partial charge in [-0.25, -0.2) is 9.78 Å². The number of thiazole rings is 1. The Morgan fingerprint density at radius 2 is 2.14 bits per heavy atom. The molecular formula is C15H18N2O4S. The highest BCUT2D eigenvalue weighted by Crippen LogP contribution is 2.29. The molecule has 2 aromatic rings. The molecule has 0 aliphatic rings. The SMILES string of the molecule is Cc1ncsc1-c1ccc([C@H](COCCO)OC(N)=O)cc1. The molecule has 3 N–H and O–H groups in total. The summed E-state index contributed by atoms with van der Waals surface area (Å²) < 4.78 is 10.3. The summed E-state index contributed by atoms with van der Waals surface area (Å²) in [5.74, 6) is 0. The van der Waals surface area contributed by atoms with E-state index in [1.54, 1.807) is 16.8 Å². The minimum Gasteiger partial charge on any atom is -0.439 e. The molecule has 0 saturated heterocycles. The Morgan fingerprint density at radius 1 is 1.41 bits per heavy atom. The number of aryl methyl sites for hydroxylation is 1. The molecule has 1 amide bonds. The van der Waals surface area contributed by atoms with Crippen LogP contribution in [-0.2, 0) is 9.47 Å². The van der Waals surface area contributed by atoms with Gasteiger partial charge in [-0.1, -0.05) is 24.3 Å². The summed E-state index contributed by atoms with van der Waals surface area (Å²) in [7, 11) is 0. The van der Waals surface area contributed by atoms with E-state index in [1.165, 1.54) is 0 Å². The van der Waals surface area contributed by atoms with Gasteiger partial charge in [-0.2, -0.15) is 0 Å². The molecule has 1 atom stereocenters. The smallest absolute Gasteiger partial charge is 0.405 e. The molecule has 0 radical (unpaired) electrons. The first kappa shape index (κ1) is 16.4. The Kier molecular flexibility index (Phi) is 5.88. The number of aliphatic hydroxyl groups is 1. The van der Waals surface area contributed by atoms with E-state index in [0.29, 0.717) is 0 Å². The second-order valence-electron chi connectivity index (χ2n) is 4.61. The molecule has 0 aliphatic carbocycles. The van der Waals surface area contributed by atoms with Crippen LogP contribution in [0, 0.1) is 6.92 Å². The molecule has 0 saturated carbocycles. The topological polar surface area (TPSA) is 94.7 Å². The van der Waals surface area contributed by atoms with Crippen molar-refractivity contribution in [3.8, 4) is 10.4 Å². The molecule has 0 bridgehead atoms. The molecule has 118 valence electrons. The molecule has 2 rings (SSSR count). The summed E-state index contributed by atoms with van der Waals surface area (Å²) in [4.78, 5) is 16.3. The number of nitrogens with zero attached hydrogens (tertiary/aromatic N) is 1. The van der Waals surface area contributed by atoms with Gasteiger partial charge in [0.1, 0.15) is 0 Å². The molecule has 7 heteroatoms. The number of aliphatic hydroxyl groups excluding tert-OH is 1. The predicted octanol–water partition coefficient (Wildman–Crippen LogP) is 2.26. The first-order valence-corrected chi connectivity index (χ1v) is 7.65. The van der Waals surface area contributed by atoms with Gasteiger partial charge in [0.25, 0.3) is 0 Å². The van der Waals surface area contributed by atoms with Crippen molar-refractivity contribution in [2.45, 2.75) is 13.0 Å². The van der Waals surface area contributed by atoms with Crippen LogP contribution in [0.4, 0.5) is 4.79 Å². The fourth-order valence-electron chi connectivity index (χ4n) is 2.02. The molecular weight excluding hydrogens is 304 g/mol. The first-order valence-electron chi connectivity index (χ1n) is 6.77. The van der Waals surface area contributed by atoms with E-state index >= 15 is 0 Å². The van der Waals surface area contributed by atoms with Crippen LogP contribution in [0.2, 0.25) is 0 Å². The maximum absolute atomic E-state index is 11.0. The van der Waals surface area contributed by atoms with Gasteiger partial charge in [-0.3, -0.25) is 0 Å². The molecule has 6 nitrogen and oxygen atoms in total. The van der Waals surface area contributed by atoms with Gasteiger partial charge >= 0.3 is 6.09 Å². The molecule has 0 fully saturated rings. The van der Waals surface area contributed by atoms with Crippen molar-refractivity contribution in [2.24, 2.45) is 5.73 Å². The third-order valence-electron chi connectivity index (χ3n) is 3.05. The maximum atomic E-state index is 11.0. The lowest BCUT2D eigenvalue weighted by Crippen LogP contribution is -2.21. The van der Waals surface area contributed by atoms with E-state index in [0.717, 1.165) is 21.7 Å². The van der Waals surface area contributed by atoms with Crippen LogP contribution >= 0.6 is 11.3 Å². The Balaban J connectivity index is 2.14. The molecule has 1 aromatic heterocycles. The summed E-state index contributed by atoms with van der Waals surface area (Å²) in [6, 6.07) is 7.62. The Bertz CT molecular complexity index is 612. The molecule has 1 aromatic carbocycles. The van der Waals surface area contributed by atoms with E-state index < -0.39 is 12.2 Å². The van der Waals surface area contributed by atoms with E-state index in [4.69, 9.17) is 20.3 Å². The van der Waals surface area contributed by atoms with Crippen LogP contribution in [0.5, 0.6) is 0 Å². The van der Waals surface area contributed by atoms with Crippen molar-refractivity contribution in [3.63, 3.8) is 0 Å². The second-order valence-corrected chi connectivity index (χ2v) is 5.47. The lowest BCUT2D eigenvalue weighted by atomic mass is 10.1. The minimum atomic E-state index is -0.861. The van der Waals surface area contributed by atoms with E-state index in [1.807, 2.05) is 31.2 Å². The number of rotatable bonds is 7. The van der Waals surface area contributed by atoms with Gasteiger partial charge in [0.15, 0.2) is 6.10 Å². The third kappa shape index (κ3) is 4.27. The van der Waals surface area contributed by atoms with Gasteiger partial charge in [-0.15, -0.1) is 11.3 Å². The van der Waals surface area contributed by atoms with E-state index in [9.17, 15) is 4.79 Å². The highest BCUT2D eigenvalue weighted by Gasteiger charge is 2.16. The van der Waals surface area contributed by atoms with Crippen molar-refractivity contribution in [2.75, 3.05) is 19.8 Å². The summed E-state index contributed by atoms with van der Waals surface area (Å²) in [6.45, 7) is 2.19. The number of hydrogen-bond donors (Lipinski definition) is 2. The highest BCUT2D eigenvalue weighted by atomic mass is 32.1. The van der Waals surface area contributed by atoms with Crippen LogP contribution in [0.15, 0.2) is 29.8 Å². The molecule has 22 heavy (non-hydrogen) atoms. The van der Waals surface area contributed by atoms with Gasteiger partial charge in [0.2, 0.25) is 0 Å². The number of hydrogen-bond acceptors (Lipinski definition) is 6. The maximum Gasteiger partial charge on any atom is 0.405 e. The second kappa shape index (κ2) is 7.88. The largest absolute Gasteiger partial charge is 0.439 e. The van der Waals surface area contributed by atoms with Crippen LogP contribution in [-0.4, -0.2) is 36.0 Å². The minimum absolute atomic E-state index is 0.0904. The Hall–Kier alpha value is -1.96. The highest BCUT2D eigenvalue weighted by molar-refractivity contribution is 7.13. The van der Waals surface area contributed by atoms with Gasteiger partial charge in [0, 0.05) is 0 Å². The zero-order chi connectivity index (χ0) is 15.9. The summed E-state index contributed by atoms with van der Waals surface area (Å²) >= 11 is 1.58. The number of nitrogens with two attached hydrogens (primary N) is 1. The zero-order valence-electron chi connectivity index (χ0n) is 12.2. The number of amides is 1. The summed E-state index contributed by atoms with van der Waals surface area (Å²) in [6.07, 6.45) is -1.46. The number of benzene rings is 1. The fraction of sp³-hybridized carbons (Fsp3) is 0.333. The number of ether oxygens (including phenoxy) is 2. The van der Waals surface area contributed by atoms with E-state index in [-0.39, 0.29) is 19.8 Å². The molecule has 0 spiro atoms. The first-order chi connectivity index (χ1) is 10.6. The van der Waals surface area contributed by atoms with Crippen molar-refractivity contribution >= 4 is 17.4 Å². The normalized spacial score (nSPS) is 12.1. The quantitative estimate of drug-likeness (QED) is 0.763. The average Bonchev–Trinajstić information content (AvgIpc) is 2.92. The predicted molar refractivity (Wildman–Crippen MR) is 83.6 cm³/mol. The number of primary amides is 1. The van der Waals surface area contributed by atoms with Gasteiger partial charge < -0.3 is 20.3 Å². The third-order valence-corrected chi connectivity index (χ3v) is 4.03. The summed E-state index contributed by atoms with van der Waals surface area (Å²) in [5, 5.41) is 8.74. The molecule has 0 unspecified atom stereocenters. The van der Waals surface area contributed by atoms with Crippen molar-refractivity contribution in [1.29, 1.82) is 0 Å². The lowest BCUT2D eigenvalue weighted by molar-refractivity contribution is 0.0107. The monoisotopic (exact) mass is 322 g/mol. The average molecular weight is 322 g/mol. The molecule has 0 aliphatic heterocycles. The van der Waals surface area contributed by atoms with Crippen molar-refractivity contribution in [1.82, 2.24) is 4.98 Å². The number of carbonyl (C=O) groups excluding carboxylic acids is 1. The number of carbonyl (C=O) groups is 1.